The summed E-state index contributed by atoms with van der Waals surface area (Å²) in [5, 5.41) is 2.64. The lowest BCUT2D eigenvalue weighted by Gasteiger charge is -2.17. The molecule has 0 aliphatic carbocycles. The van der Waals surface area contributed by atoms with Crippen molar-refractivity contribution in [1.82, 2.24) is 0 Å². The van der Waals surface area contributed by atoms with Crippen LogP contribution in [-0.4, -0.2) is 44.0 Å². The van der Waals surface area contributed by atoms with Gasteiger partial charge >= 0.3 is 5.97 Å². The largest absolute Gasteiger partial charge is 0.497 e. The van der Waals surface area contributed by atoms with Crippen molar-refractivity contribution in [1.29, 1.82) is 0 Å². The van der Waals surface area contributed by atoms with Gasteiger partial charge in [-0.3, -0.25) is 19.3 Å². The maximum Gasteiger partial charge on any atom is 0.338 e. The molecule has 2 aromatic carbocycles. The van der Waals surface area contributed by atoms with Gasteiger partial charge in [-0.25, -0.2) is 4.79 Å². The maximum absolute atomic E-state index is 12.5. The smallest absolute Gasteiger partial charge is 0.338 e. The SMILES string of the molecule is COc1ccc(OC)c(NC(=O)C(C)OC(=O)c2cccc(N3C(=O)CCC3=O)c2)c1. The molecule has 2 aromatic rings. The van der Waals surface area contributed by atoms with E-state index in [2.05, 4.69) is 5.32 Å². The second-order valence-corrected chi connectivity index (χ2v) is 6.78. The first-order valence-electron chi connectivity index (χ1n) is 9.53. The number of benzene rings is 2. The summed E-state index contributed by atoms with van der Waals surface area (Å²) in [6.07, 6.45) is -0.848. The molecule has 0 bridgehead atoms. The molecule has 3 amide bonds. The van der Waals surface area contributed by atoms with E-state index in [0.717, 1.165) is 4.90 Å². The Morgan fingerprint density at radius 3 is 2.35 bits per heavy atom. The Labute approximate surface area is 178 Å². The minimum absolute atomic E-state index is 0.114. The minimum Gasteiger partial charge on any atom is -0.497 e. The topological polar surface area (TPSA) is 111 Å². The van der Waals surface area contributed by atoms with Crippen LogP contribution in [0.25, 0.3) is 0 Å². The van der Waals surface area contributed by atoms with Crippen molar-refractivity contribution in [3.05, 3.63) is 48.0 Å². The molecule has 1 aliphatic rings. The van der Waals surface area contributed by atoms with Crippen LogP contribution in [0.5, 0.6) is 11.5 Å². The number of hydrogen-bond acceptors (Lipinski definition) is 7. The summed E-state index contributed by atoms with van der Waals surface area (Å²) in [6, 6.07) is 10.9. The number of carbonyl (C=O) groups is 4. The average Bonchev–Trinajstić information content (AvgIpc) is 3.11. The Bertz CT molecular complexity index is 1020. The number of amides is 3. The van der Waals surface area contributed by atoms with Gasteiger partial charge in [0.05, 0.1) is 31.2 Å². The monoisotopic (exact) mass is 426 g/mol. The summed E-state index contributed by atoms with van der Waals surface area (Å²) in [5.74, 6) is -1.04. The Kier molecular flexibility index (Phi) is 6.54. The van der Waals surface area contributed by atoms with E-state index >= 15 is 0 Å². The number of imide groups is 1. The van der Waals surface area contributed by atoms with Crippen molar-refractivity contribution in [2.45, 2.75) is 25.9 Å². The molecule has 1 fully saturated rings. The molecular weight excluding hydrogens is 404 g/mol. The third-order valence-corrected chi connectivity index (χ3v) is 4.71. The molecular formula is C22H22N2O7. The molecule has 1 atom stereocenters. The normalized spacial score (nSPS) is 14.2. The molecule has 0 aromatic heterocycles. The quantitative estimate of drug-likeness (QED) is 0.535. The Morgan fingerprint density at radius 2 is 1.71 bits per heavy atom. The number of nitrogens with one attached hydrogen (secondary N) is 1. The Hall–Kier alpha value is -3.88. The lowest BCUT2D eigenvalue weighted by atomic mass is 10.2. The van der Waals surface area contributed by atoms with E-state index in [1.54, 1.807) is 24.3 Å². The molecule has 0 radical (unpaired) electrons. The first-order chi connectivity index (χ1) is 14.8. The standard InChI is InChI=1S/C22H22N2O7/c1-13(21(27)23-17-12-16(29-2)7-8-18(17)30-3)31-22(28)14-5-4-6-15(11-14)24-19(25)9-10-20(24)26/h4-8,11-13H,9-10H2,1-3H3,(H,23,27). The maximum atomic E-state index is 12.5. The second-order valence-electron chi connectivity index (χ2n) is 6.78. The number of carbonyl (C=O) groups excluding carboxylic acids is 4. The Balaban J connectivity index is 1.69. The third-order valence-electron chi connectivity index (χ3n) is 4.71. The molecule has 0 spiro atoms. The van der Waals surface area contributed by atoms with Gasteiger partial charge in [0.2, 0.25) is 11.8 Å². The van der Waals surface area contributed by atoms with Gasteiger partial charge in [-0.05, 0) is 37.3 Å². The van der Waals surface area contributed by atoms with E-state index < -0.39 is 18.0 Å². The van der Waals surface area contributed by atoms with Crippen LogP contribution in [-0.2, 0) is 19.1 Å². The molecule has 1 aliphatic heterocycles. The van der Waals surface area contributed by atoms with Gasteiger partial charge in [0.25, 0.3) is 5.91 Å². The van der Waals surface area contributed by atoms with Crippen molar-refractivity contribution in [3.8, 4) is 11.5 Å². The highest BCUT2D eigenvalue weighted by atomic mass is 16.5. The van der Waals surface area contributed by atoms with E-state index in [9.17, 15) is 19.2 Å². The molecule has 9 nitrogen and oxygen atoms in total. The van der Waals surface area contributed by atoms with Crippen LogP contribution in [0, 0.1) is 0 Å². The predicted octanol–water partition coefficient (Wildman–Crippen LogP) is 2.54. The first kappa shape index (κ1) is 21.8. The van der Waals surface area contributed by atoms with Crippen molar-refractivity contribution >= 4 is 35.1 Å². The molecule has 9 heteroatoms. The lowest BCUT2D eigenvalue weighted by Crippen LogP contribution is -2.30. The van der Waals surface area contributed by atoms with E-state index in [4.69, 9.17) is 14.2 Å². The number of ether oxygens (including phenoxy) is 3. The van der Waals surface area contributed by atoms with E-state index in [1.807, 2.05) is 0 Å². The summed E-state index contributed by atoms with van der Waals surface area (Å²) in [5.41, 5.74) is 0.770. The average molecular weight is 426 g/mol. The molecule has 1 N–H and O–H groups in total. The lowest BCUT2D eigenvalue weighted by molar-refractivity contribution is -0.124. The fourth-order valence-corrected chi connectivity index (χ4v) is 3.06. The van der Waals surface area contributed by atoms with Gasteiger partial charge in [0.15, 0.2) is 6.10 Å². The highest BCUT2D eigenvalue weighted by molar-refractivity contribution is 6.20. The first-order valence-corrected chi connectivity index (χ1v) is 9.53. The highest BCUT2D eigenvalue weighted by Gasteiger charge is 2.31. The van der Waals surface area contributed by atoms with E-state index in [-0.39, 0.29) is 30.2 Å². The molecule has 31 heavy (non-hydrogen) atoms. The van der Waals surface area contributed by atoms with Crippen LogP contribution in [0.15, 0.2) is 42.5 Å². The van der Waals surface area contributed by atoms with Gasteiger partial charge in [-0.2, -0.15) is 0 Å². The molecule has 1 unspecified atom stereocenters. The molecule has 1 saturated heterocycles. The van der Waals surface area contributed by atoms with E-state index in [1.165, 1.54) is 39.3 Å². The number of anilines is 2. The molecule has 162 valence electrons. The summed E-state index contributed by atoms with van der Waals surface area (Å²) >= 11 is 0. The fraction of sp³-hybridized carbons (Fsp3) is 0.273. The van der Waals surface area contributed by atoms with Gasteiger partial charge < -0.3 is 19.5 Å². The fourth-order valence-electron chi connectivity index (χ4n) is 3.06. The second kappa shape index (κ2) is 9.29. The van der Waals surface area contributed by atoms with Crippen LogP contribution in [0.1, 0.15) is 30.1 Å². The van der Waals surface area contributed by atoms with Crippen LogP contribution in [0.3, 0.4) is 0 Å². The zero-order valence-electron chi connectivity index (χ0n) is 17.3. The van der Waals surface area contributed by atoms with Crippen molar-refractivity contribution < 1.29 is 33.4 Å². The van der Waals surface area contributed by atoms with Crippen LogP contribution >= 0.6 is 0 Å². The molecule has 0 saturated carbocycles. The third kappa shape index (κ3) is 4.82. The van der Waals surface area contributed by atoms with Gasteiger partial charge in [-0.1, -0.05) is 6.07 Å². The number of rotatable bonds is 7. The van der Waals surface area contributed by atoms with Gasteiger partial charge in [0.1, 0.15) is 11.5 Å². The zero-order valence-corrected chi connectivity index (χ0v) is 17.3. The van der Waals surface area contributed by atoms with Gasteiger partial charge in [-0.15, -0.1) is 0 Å². The number of hydrogen-bond donors (Lipinski definition) is 1. The summed E-state index contributed by atoms with van der Waals surface area (Å²) in [7, 11) is 2.96. The van der Waals surface area contributed by atoms with Crippen molar-refractivity contribution in [2.75, 3.05) is 24.4 Å². The molecule has 3 rings (SSSR count). The van der Waals surface area contributed by atoms with Crippen molar-refractivity contribution in [3.63, 3.8) is 0 Å². The summed E-state index contributed by atoms with van der Waals surface area (Å²) < 4.78 is 15.6. The molecule has 1 heterocycles. The van der Waals surface area contributed by atoms with Crippen LogP contribution in [0.2, 0.25) is 0 Å². The minimum atomic E-state index is -1.12. The summed E-state index contributed by atoms with van der Waals surface area (Å²) in [4.78, 5) is 49.9. The van der Waals surface area contributed by atoms with Gasteiger partial charge in [0, 0.05) is 18.9 Å². The summed E-state index contributed by atoms with van der Waals surface area (Å²) in [6.45, 7) is 1.43. The van der Waals surface area contributed by atoms with Crippen LogP contribution in [0.4, 0.5) is 11.4 Å². The number of methoxy groups -OCH3 is 2. The zero-order chi connectivity index (χ0) is 22.5. The number of nitrogens with zero attached hydrogens (tertiary/aromatic N) is 1. The van der Waals surface area contributed by atoms with Crippen LogP contribution < -0.4 is 19.7 Å². The number of esters is 1. The predicted molar refractivity (Wildman–Crippen MR) is 111 cm³/mol. The van der Waals surface area contributed by atoms with E-state index in [0.29, 0.717) is 22.9 Å². The highest BCUT2D eigenvalue weighted by Crippen LogP contribution is 2.29. The van der Waals surface area contributed by atoms with Crippen molar-refractivity contribution in [2.24, 2.45) is 0 Å². The Morgan fingerprint density at radius 1 is 1.00 bits per heavy atom.